The molecule has 2 rings (SSSR count). The van der Waals surface area contributed by atoms with Crippen LogP contribution in [-0.2, 0) is 75.5 Å². The van der Waals surface area contributed by atoms with E-state index in [0.29, 0.717) is 31.4 Å². The molecule has 0 aliphatic rings. The van der Waals surface area contributed by atoms with E-state index in [9.17, 15) is 66.9 Å². The highest BCUT2D eigenvalue weighted by molar-refractivity contribution is 7.90. The molecule has 0 aromatic carbocycles. The molecule has 458 valence electrons. The smallest absolute Gasteiger partial charge is 0.326 e. The van der Waals surface area contributed by atoms with Gasteiger partial charge in [-0.1, -0.05) is 75.8 Å². The molecule has 0 fully saturated rings. The first-order valence-electron chi connectivity index (χ1n) is 28.5. The summed E-state index contributed by atoms with van der Waals surface area (Å²) in [6, 6.07) is -3.12. The Balaban J connectivity index is 1.47. The zero-order valence-corrected chi connectivity index (χ0v) is 47.7. The number of nitrogens with two attached hydrogens (primary N) is 1. The second-order valence-corrected chi connectivity index (χ2v) is 22.1. The molecule has 0 radical (unpaired) electrons. The molecule has 0 aliphatic carbocycles. The van der Waals surface area contributed by atoms with Crippen LogP contribution in [0.4, 0.5) is 0 Å². The normalized spacial score (nSPS) is 13.0. The van der Waals surface area contributed by atoms with Crippen molar-refractivity contribution in [3.8, 4) is 0 Å². The lowest BCUT2D eigenvalue weighted by atomic mass is 9.94. The second kappa shape index (κ2) is 43.7. The summed E-state index contributed by atoms with van der Waals surface area (Å²) in [6.45, 7) is -1.05. The number of ketones is 4. The highest BCUT2D eigenvalue weighted by atomic mass is 32.2. The lowest BCUT2D eigenvalue weighted by molar-refractivity contribution is -0.145. The molecule has 3 amide bonds. The summed E-state index contributed by atoms with van der Waals surface area (Å²) in [5, 5.41) is 50.4. The summed E-state index contributed by atoms with van der Waals surface area (Å²) in [5.74, 6) is -6.92. The summed E-state index contributed by atoms with van der Waals surface area (Å²) in [4.78, 5) is 117. The number of carbonyl (C=O) groups is 9. The third-order valence-corrected chi connectivity index (χ3v) is 14.7. The summed E-state index contributed by atoms with van der Waals surface area (Å²) >= 11 is 0. The van der Waals surface area contributed by atoms with Gasteiger partial charge >= 0.3 is 11.9 Å². The summed E-state index contributed by atoms with van der Waals surface area (Å²) in [7, 11) is -3.86. The molecule has 0 saturated heterocycles. The summed E-state index contributed by atoms with van der Waals surface area (Å²) in [5.41, 5.74) is 6.63. The Kier molecular flexibility index (Phi) is 38.4. The number of hydrogen-bond acceptors (Lipinski definition) is 20. The fraction of sp³-hybridized carbons (Fsp3) is 0.755. The highest BCUT2D eigenvalue weighted by Gasteiger charge is 2.26. The maximum Gasteiger partial charge on any atom is 0.326 e. The third kappa shape index (κ3) is 36.9. The van der Waals surface area contributed by atoms with Gasteiger partial charge < -0.3 is 51.5 Å². The Morgan fingerprint density at radius 2 is 1.32 bits per heavy atom. The van der Waals surface area contributed by atoms with Crippen molar-refractivity contribution in [1.29, 1.82) is 0 Å². The van der Waals surface area contributed by atoms with E-state index in [1.807, 2.05) is 0 Å². The molecule has 81 heavy (non-hydrogen) atoms. The molecule has 2 heterocycles. The molecule has 11 N–H and O–H groups in total. The van der Waals surface area contributed by atoms with Crippen molar-refractivity contribution in [2.45, 2.75) is 198 Å². The standard InChI is InChI=1S/C53H89N11O16S/c54-43(33-40-34-55-38-58-40)46(68)35-57-44(47(69)36-65)20-14-15-27-56-49(70)26-23-39(52(73)74)32-42(67)24-25-45(53(75)76)59-51(72)37-80-30-29-79-28-16-18-41(66)19-17-31-81(77,78)62-50(71)22-13-11-9-7-5-3-1-2-4-6-8-10-12-21-48-60-63-64-61-48/h34,38-39,43-45,57,65H,1-33,35-37,54H2,(H,55,58)(H,56,70)(H,59,72)(H,62,71)(H,73,74)(H,75,76)(H,60,61,63,64)/t39-,43+,44+,45+/m1/s1. The molecular weight excluding hydrogens is 1080 g/mol. The quantitative estimate of drug-likeness (QED) is 0.0425. The van der Waals surface area contributed by atoms with Crippen molar-refractivity contribution in [2.24, 2.45) is 11.7 Å². The number of carboxylic acid groups (broad SMARTS) is 2. The van der Waals surface area contributed by atoms with Crippen molar-refractivity contribution in [1.82, 2.24) is 51.3 Å². The zero-order valence-electron chi connectivity index (χ0n) is 46.8. The number of aryl methyl sites for hydroxylation is 1. The van der Waals surface area contributed by atoms with E-state index in [-0.39, 0.29) is 114 Å². The first kappa shape index (κ1) is 71.2. The Labute approximate surface area is 474 Å². The Bertz CT molecular complexity index is 2250. The van der Waals surface area contributed by atoms with Crippen LogP contribution in [0.5, 0.6) is 0 Å². The van der Waals surface area contributed by atoms with Gasteiger partial charge in [-0.25, -0.2) is 18.2 Å². The van der Waals surface area contributed by atoms with E-state index in [2.05, 4.69) is 51.3 Å². The first-order chi connectivity index (χ1) is 38.9. The number of hydrogen-bond donors (Lipinski definition) is 10. The van der Waals surface area contributed by atoms with Crippen LogP contribution in [0.25, 0.3) is 0 Å². The van der Waals surface area contributed by atoms with E-state index >= 15 is 0 Å². The second-order valence-electron chi connectivity index (χ2n) is 20.3. The Morgan fingerprint density at radius 1 is 0.654 bits per heavy atom. The molecule has 0 spiro atoms. The number of aromatic nitrogens is 6. The molecule has 0 unspecified atom stereocenters. The van der Waals surface area contributed by atoms with Crippen LogP contribution >= 0.6 is 0 Å². The van der Waals surface area contributed by atoms with Crippen LogP contribution in [0, 0.1) is 5.92 Å². The Morgan fingerprint density at radius 3 is 1.95 bits per heavy atom. The minimum Gasteiger partial charge on any atom is -0.481 e. The molecule has 2 aromatic rings. The topological polar surface area (TPSA) is 424 Å². The van der Waals surface area contributed by atoms with E-state index in [1.165, 1.54) is 51.3 Å². The number of ether oxygens (including phenoxy) is 2. The lowest BCUT2D eigenvalue weighted by Gasteiger charge is -2.18. The summed E-state index contributed by atoms with van der Waals surface area (Å²) < 4.78 is 37.5. The van der Waals surface area contributed by atoms with Gasteiger partial charge in [-0.3, -0.25) is 43.1 Å². The van der Waals surface area contributed by atoms with Gasteiger partial charge in [0.25, 0.3) is 0 Å². The maximum absolute atomic E-state index is 12.7. The van der Waals surface area contributed by atoms with Crippen LogP contribution in [0.3, 0.4) is 0 Å². The van der Waals surface area contributed by atoms with Gasteiger partial charge in [0.1, 0.15) is 30.8 Å². The number of aliphatic hydroxyl groups is 1. The number of amides is 3. The molecule has 27 nitrogen and oxygen atoms in total. The number of unbranched alkanes of at least 4 members (excludes halogenated alkanes) is 13. The number of H-pyrrole nitrogens is 2. The minimum atomic E-state index is -3.86. The molecule has 0 saturated carbocycles. The lowest BCUT2D eigenvalue weighted by Crippen LogP contribution is -2.45. The van der Waals surface area contributed by atoms with Gasteiger partial charge in [0, 0.05) is 76.4 Å². The van der Waals surface area contributed by atoms with Crippen molar-refractivity contribution >= 4 is 62.8 Å². The van der Waals surface area contributed by atoms with Crippen LogP contribution in [-0.4, -0.2) is 177 Å². The average molecular weight is 1170 g/mol. The van der Waals surface area contributed by atoms with Crippen LogP contribution in [0.2, 0.25) is 0 Å². The number of nitrogens with one attached hydrogen (secondary N) is 6. The fourth-order valence-electron chi connectivity index (χ4n) is 8.59. The molecular formula is C53H89N11O16S. The fourth-order valence-corrected chi connectivity index (χ4v) is 9.67. The van der Waals surface area contributed by atoms with E-state index in [1.54, 1.807) is 6.20 Å². The van der Waals surface area contributed by atoms with Gasteiger partial charge in [0.15, 0.2) is 17.4 Å². The molecule has 0 aliphatic heterocycles. The number of sulfonamides is 1. The highest BCUT2D eigenvalue weighted by Crippen LogP contribution is 2.17. The number of carbonyl (C=O) groups excluding carboxylic acids is 7. The van der Waals surface area contributed by atoms with E-state index < -0.39 is 94.9 Å². The van der Waals surface area contributed by atoms with Gasteiger partial charge in [-0.05, 0) is 57.8 Å². The number of nitrogens with zero attached hydrogens (tertiary/aromatic N) is 4. The number of Topliss-reactive ketones (excluding diaryl/α,β-unsaturated/α-hetero) is 4. The SMILES string of the molecule is N[C@@H](Cc1cnc[nH]1)C(=O)CN[C@@H](CCCCNC(=O)CC[C@H](CC(=O)CC[C@H](NC(=O)COCCOCCCC(=O)CCCS(=O)(=O)NC(=O)CCCCCCCCCCCCCCCc1nn[nH]n1)C(=O)O)C(=O)O)C(=O)CO. The zero-order chi connectivity index (χ0) is 59.5. The van der Waals surface area contributed by atoms with Gasteiger partial charge in [-0.15, -0.1) is 10.2 Å². The van der Waals surface area contributed by atoms with Crippen LogP contribution in [0.1, 0.15) is 178 Å². The first-order valence-corrected chi connectivity index (χ1v) is 30.1. The molecule has 0 bridgehead atoms. The minimum absolute atomic E-state index is 0.0229. The van der Waals surface area contributed by atoms with Gasteiger partial charge in [0.2, 0.25) is 27.7 Å². The third-order valence-electron chi connectivity index (χ3n) is 13.3. The number of rotatable bonds is 54. The Hall–Kier alpha value is -5.94. The van der Waals surface area contributed by atoms with Crippen molar-refractivity contribution in [3.63, 3.8) is 0 Å². The van der Waals surface area contributed by atoms with Gasteiger partial charge in [-0.2, -0.15) is 5.21 Å². The predicted octanol–water partition coefficient (Wildman–Crippen LogP) is 2.27. The van der Waals surface area contributed by atoms with Crippen LogP contribution in [0.15, 0.2) is 12.5 Å². The largest absolute Gasteiger partial charge is 0.481 e. The molecule has 2 aromatic heterocycles. The van der Waals surface area contributed by atoms with Crippen molar-refractivity contribution in [3.05, 3.63) is 24.0 Å². The van der Waals surface area contributed by atoms with E-state index in [4.69, 9.17) is 15.2 Å². The van der Waals surface area contributed by atoms with Crippen LogP contribution < -0.4 is 26.4 Å². The molecule has 4 atom stereocenters. The van der Waals surface area contributed by atoms with Crippen molar-refractivity contribution in [2.75, 3.05) is 51.9 Å². The summed E-state index contributed by atoms with van der Waals surface area (Å²) in [6.07, 6.45) is 18.7. The maximum atomic E-state index is 12.7. The monoisotopic (exact) mass is 1170 g/mol. The van der Waals surface area contributed by atoms with E-state index in [0.717, 1.165) is 44.3 Å². The number of aliphatic carboxylic acids is 2. The number of aromatic amines is 2. The van der Waals surface area contributed by atoms with Gasteiger partial charge in [0.05, 0.1) is 49.8 Å². The average Bonchev–Trinajstić information content (AvgIpc) is 4.16. The number of imidazole rings is 1. The number of tetrazole rings is 1. The molecule has 28 heteroatoms. The number of aliphatic hydroxyl groups excluding tert-OH is 1. The number of carboxylic acids is 2. The predicted molar refractivity (Wildman–Crippen MR) is 294 cm³/mol. The van der Waals surface area contributed by atoms with Crippen molar-refractivity contribution < 1.29 is 76.4 Å².